The van der Waals surface area contributed by atoms with Crippen LogP contribution in [0, 0.1) is 0 Å². The number of aromatic hydroxyl groups is 1. The number of carboxylic acid groups (broad SMARTS) is 1. The Morgan fingerprint density at radius 3 is 2.83 bits per heavy atom. The first-order valence-corrected chi connectivity index (χ1v) is 9.03. The molecule has 0 bridgehead atoms. The quantitative estimate of drug-likeness (QED) is 0.439. The van der Waals surface area contributed by atoms with Gasteiger partial charge in [0, 0.05) is 16.5 Å². The molecule has 0 radical (unpaired) electrons. The van der Waals surface area contributed by atoms with Crippen LogP contribution >= 0.6 is 43.6 Å². The molecule has 0 spiro atoms. The van der Waals surface area contributed by atoms with Gasteiger partial charge in [0.1, 0.15) is 16.5 Å². The molecule has 0 saturated carbocycles. The van der Waals surface area contributed by atoms with Gasteiger partial charge in [-0.3, -0.25) is 5.10 Å². The summed E-state index contributed by atoms with van der Waals surface area (Å²) in [7, 11) is 0. The van der Waals surface area contributed by atoms with E-state index in [1.165, 1.54) is 6.08 Å². The number of thioether (sulfide) groups is 1. The fourth-order valence-electron chi connectivity index (χ4n) is 1.74. The lowest BCUT2D eigenvalue weighted by Crippen LogP contribution is -1.97. The normalized spacial score (nSPS) is 11.7. The van der Waals surface area contributed by atoms with Crippen molar-refractivity contribution in [2.45, 2.75) is 24.9 Å². The second-order valence-corrected chi connectivity index (χ2v) is 7.34. The molecule has 1 aromatic heterocycles. The number of aryl methyl sites for hydroxylation is 1. The Labute approximate surface area is 153 Å². The van der Waals surface area contributed by atoms with Crippen LogP contribution in [0.25, 0.3) is 6.08 Å². The number of aliphatic carboxylic acids is 1. The molecule has 1 aromatic carbocycles. The number of phenols is 1. The van der Waals surface area contributed by atoms with E-state index in [-0.39, 0.29) is 10.7 Å². The molecule has 0 aliphatic heterocycles. The van der Waals surface area contributed by atoms with Gasteiger partial charge >= 0.3 is 5.97 Å². The van der Waals surface area contributed by atoms with Gasteiger partial charge in [-0.25, -0.2) is 9.78 Å². The fourth-order valence-corrected chi connectivity index (χ4v) is 3.72. The largest absolute Gasteiger partial charge is 0.506 e. The number of halogens is 2. The van der Waals surface area contributed by atoms with Gasteiger partial charge in [0.2, 0.25) is 5.16 Å². The first kappa shape index (κ1) is 18.0. The van der Waals surface area contributed by atoms with E-state index in [9.17, 15) is 15.0 Å². The topological polar surface area (TPSA) is 99.1 Å². The Morgan fingerprint density at radius 1 is 1.43 bits per heavy atom. The number of hydrogen-bond acceptors (Lipinski definition) is 5. The van der Waals surface area contributed by atoms with Gasteiger partial charge < -0.3 is 10.2 Å². The molecule has 2 rings (SSSR count). The SMILES string of the molecule is CCCc1nc(S/C(=C\c2cc(Br)cc(Br)c2O)C(=O)O)n[nH]1. The molecule has 9 heteroatoms. The summed E-state index contributed by atoms with van der Waals surface area (Å²) in [5, 5.41) is 26.5. The highest BCUT2D eigenvalue weighted by molar-refractivity contribution is 9.11. The molecule has 0 unspecified atom stereocenters. The van der Waals surface area contributed by atoms with E-state index in [4.69, 9.17) is 0 Å². The molecule has 2 aromatic rings. The lowest BCUT2D eigenvalue weighted by atomic mass is 10.2. The minimum absolute atomic E-state index is 0.00680. The van der Waals surface area contributed by atoms with E-state index >= 15 is 0 Å². The van der Waals surface area contributed by atoms with Crippen molar-refractivity contribution in [3.05, 3.63) is 37.4 Å². The van der Waals surface area contributed by atoms with Crippen molar-refractivity contribution in [2.75, 3.05) is 0 Å². The minimum atomic E-state index is -1.12. The average Bonchev–Trinajstić information content (AvgIpc) is 2.91. The molecule has 6 nitrogen and oxygen atoms in total. The van der Waals surface area contributed by atoms with Crippen molar-refractivity contribution >= 4 is 55.7 Å². The number of nitrogens with one attached hydrogen (secondary N) is 1. The Bertz CT molecular complexity index is 762. The van der Waals surface area contributed by atoms with Gasteiger partial charge in [0.05, 0.1) is 4.47 Å². The molecular weight excluding hydrogens is 450 g/mol. The van der Waals surface area contributed by atoms with Crippen LogP contribution in [0.3, 0.4) is 0 Å². The number of hydrogen-bond donors (Lipinski definition) is 3. The first-order valence-electron chi connectivity index (χ1n) is 6.62. The number of carbonyl (C=O) groups is 1. The third-order valence-corrected chi connectivity index (χ3v) is 4.69. The summed E-state index contributed by atoms with van der Waals surface area (Å²) in [6.45, 7) is 2.02. The highest BCUT2D eigenvalue weighted by Crippen LogP contribution is 2.35. The predicted molar refractivity (Wildman–Crippen MR) is 95.4 cm³/mol. The van der Waals surface area contributed by atoms with E-state index in [1.54, 1.807) is 12.1 Å². The fraction of sp³-hybridized carbons (Fsp3) is 0.214. The monoisotopic (exact) mass is 461 g/mol. The summed E-state index contributed by atoms with van der Waals surface area (Å²) >= 11 is 7.45. The lowest BCUT2D eigenvalue weighted by Gasteiger charge is -2.05. The summed E-state index contributed by atoms with van der Waals surface area (Å²) in [5.41, 5.74) is 0.375. The third-order valence-electron chi connectivity index (χ3n) is 2.75. The minimum Gasteiger partial charge on any atom is -0.506 e. The molecule has 0 fully saturated rings. The van der Waals surface area contributed by atoms with Crippen LogP contribution in [-0.4, -0.2) is 31.4 Å². The van der Waals surface area contributed by atoms with Crippen molar-refractivity contribution in [3.63, 3.8) is 0 Å². The number of aromatic amines is 1. The number of phenolic OH excluding ortho intramolecular Hbond substituents is 1. The van der Waals surface area contributed by atoms with Crippen molar-refractivity contribution in [2.24, 2.45) is 0 Å². The smallest absolute Gasteiger partial charge is 0.342 e. The number of H-pyrrole nitrogens is 1. The Kier molecular flexibility index (Phi) is 6.25. The average molecular weight is 463 g/mol. The van der Waals surface area contributed by atoms with Gasteiger partial charge in [-0.1, -0.05) is 22.9 Å². The molecular formula is C14H13Br2N3O3S. The summed E-state index contributed by atoms with van der Waals surface area (Å²) in [6, 6.07) is 3.30. The third kappa shape index (κ3) is 4.82. The highest BCUT2D eigenvalue weighted by atomic mass is 79.9. The van der Waals surface area contributed by atoms with E-state index in [0.29, 0.717) is 25.5 Å². The number of nitrogens with zero attached hydrogens (tertiary/aromatic N) is 2. The van der Waals surface area contributed by atoms with Crippen molar-refractivity contribution in [3.8, 4) is 5.75 Å². The standard InChI is InChI=1S/C14H13Br2N3O3S/c1-2-3-11-17-14(19-18-11)23-10(13(21)22)5-7-4-8(15)6-9(16)12(7)20/h4-6,20H,2-3H2,1H3,(H,21,22)(H,17,18,19)/b10-5-. The van der Waals surface area contributed by atoms with Crippen molar-refractivity contribution in [1.29, 1.82) is 0 Å². The zero-order chi connectivity index (χ0) is 17.0. The van der Waals surface area contributed by atoms with Crippen LogP contribution < -0.4 is 0 Å². The molecule has 0 saturated heterocycles. The van der Waals surface area contributed by atoms with Crippen LogP contribution in [0.1, 0.15) is 24.7 Å². The predicted octanol–water partition coefficient (Wildman–Crippen LogP) is 4.21. The van der Waals surface area contributed by atoms with Gasteiger partial charge in [-0.05, 0) is 52.3 Å². The van der Waals surface area contributed by atoms with Crippen LogP contribution in [0.4, 0.5) is 0 Å². The van der Waals surface area contributed by atoms with Gasteiger partial charge in [-0.2, -0.15) is 0 Å². The summed E-state index contributed by atoms with van der Waals surface area (Å²) in [5.74, 6) is -0.436. The number of benzene rings is 1. The van der Waals surface area contributed by atoms with Gasteiger partial charge in [0.25, 0.3) is 0 Å². The summed E-state index contributed by atoms with van der Waals surface area (Å²) in [4.78, 5) is 15.7. The maximum atomic E-state index is 11.5. The van der Waals surface area contributed by atoms with Crippen LogP contribution in [0.15, 0.2) is 31.1 Å². The zero-order valence-electron chi connectivity index (χ0n) is 12.0. The second-order valence-electron chi connectivity index (χ2n) is 4.56. The van der Waals surface area contributed by atoms with Gasteiger partial charge in [-0.15, -0.1) is 5.10 Å². The highest BCUT2D eigenvalue weighted by Gasteiger charge is 2.15. The van der Waals surface area contributed by atoms with E-state index in [2.05, 4.69) is 47.0 Å². The van der Waals surface area contributed by atoms with Crippen LogP contribution in [-0.2, 0) is 11.2 Å². The molecule has 0 aliphatic rings. The Morgan fingerprint density at radius 2 is 2.17 bits per heavy atom. The molecule has 0 amide bonds. The van der Waals surface area contributed by atoms with Crippen LogP contribution in [0.2, 0.25) is 0 Å². The molecule has 23 heavy (non-hydrogen) atoms. The maximum Gasteiger partial charge on any atom is 0.342 e. The molecule has 0 atom stereocenters. The maximum absolute atomic E-state index is 11.5. The number of aromatic nitrogens is 3. The van der Waals surface area contributed by atoms with Crippen molar-refractivity contribution in [1.82, 2.24) is 15.2 Å². The lowest BCUT2D eigenvalue weighted by molar-refractivity contribution is -0.131. The summed E-state index contributed by atoms with van der Waals surface area (Å²) < 4.78 is 1.18. The van der Waals surface area contributed by atoms with E-state index < -0.39 is 5.97 Å². The Balaban J connectivity index is 2.32. The first-order chi connectivity index (χ1) is 10.9. The number of rotatable bonds is 6. The molecule has 1 heterocycles. The van der Waals surface area contributed by atoms with Gasteiger partial charge in [0.15, 0.2) is 0 Å². The molecule has 122 valence electrons. The molecule has 3 N–H and O–H groups in total. The van der Waals surface area contributed by atoms with E-state index in [1.807, 2.05) is 6.92 Å². The summed E-state index contributed by atoms with van der Waals surface area (Å²) in [6.07, 6.45) is 3.05. The van der Waals surface area contributed by atoms with Crippen LogP contribution in [0.5, 0.6) is 5.75 Å². The molecule has 0 aliphatic carbocycles. The number of carboxylic acids is 1. The zero-order valence-corrected chi connectivity index (χ0v) is 16.0. The van der Waals surface area contributed by atoms with Crippen molar-refractivity contribution < 1.29 is 15.0 Å². The Hall–Kier alpha value is -1.32. The van der Waals surface area contributed by atoms with E-state index in [0.717, 1.165) is 24.6 Å². The second kappa shape index (κ2) is 7.98.